The summed E-state index contributed by atoms with van der Waals surface area (Å²) in [6.45, 7) is 12.6. The molecule has 0 aromatic carbocycles. The minimum absolute atomic E-state index is 0.0877. The van der Waals surface area contributed by atoms with E-state index < -0.39 is 0 Å². The van der Waals surface area contributed by atoms with E-state index >= 15 is 0 Å². The minimum atomic E-state index is -0.0877. The van der Waals surface area contributed by atoms with Gasteiger partial charge in [-0.3, -0.25) is 0 Å². The van der Waals surface area contributed by atoms with E-state index in [0.717, 1.165) is 24.9 Å². The minimum Gasteiger partial charge on any atom is -0.394 e. The number of nitrogens with one attached hydrogen (secondary N) is 1. The molecular weight excluding hydrogens is 236 g/mol. The largest absolute Gasteiger partial charge is 0.394 e. The summed E-state index contributed by atoms with van der Waals surface area (Å²) in [7, 11) is 0. The number of unbranched alkanes of at least 4 members (excludes halogenated alkanes) is 1. The molecule has 0 saturated carbocycles. The molecule has 0 aromatic heterocycles. The standard InChI is InChI=1S/C16H34N2O/c1-5-17-16(4,13-19)10-6-7-11-18-12-14(2)8-9-15(18)3/h14-15,17,19H,5-13H2,1-4H3. The molecule has 0 radical (unpaired) electrons. The molecule has 3 unspecified atom stereocenters. The van der Waals surface area contributed by atoms with Crippen molar-refractivity contribution in [3.05, 3.63) is 0 Å². The molecule has 2 N–H and O–H groups in total. The van der Waals surface area contributed by atoms with Crippen LogP contribution in [0, 0.1) is 5.92 Å². The van der Waals surface area contributed by atoms with E-state index in [1.165, 1.54) is 38.8 Å². The van der Waals surface area contributed by atoms with E-state index in [1.807, 2.05) is 0 Å². The van der Waals surface area contributed by atoms with Gasteiger partial charge in [0.05, 0.1) is 6.61 Å². The Morgan fingerprint density at radius 2 is 2.00 bits per heavy atom. The van der Waals surface area contributed by atoms with Crippen LogP contribution in [0.5, 0.6) is 0 Å². The van der Waals surface area contributed by atoms with Crippen LogP contribution in [-0.2, 0) is 0 Å². The highest BCUT2D eigenvalue weighted by Crippen LogP contribution is 2.22. The summed E-state index contributed by atoms with van der Waals surface area (Å²) in [6.07, 6.45) is 6.25. The Labute approximate surface area is 119 Å². The normalized spacial score (nSPS) is 28.3. The van der Waals surface area contributed by atoms with Gasteiger partial charge in [-0.15, -0.1) is 0 Å². The Bertz CT molecular complexity index is 247. The highest BCUT2D eigenvalue weighted by molar-refractivity contribution is 4.82. The van der Waals surface area contributed by atoms with Gasteiger partial charge in [0.2, 0.25) is 0 Å². The lowest BCUT2D eigenvalue weighted by molar-refractivity contribution is 0.118. The summed E-state index contributed by atoms with van der Waals surface area (Å²) < 4.78 is 0. The van der Waals surface area contributed by atoms with Gasteiger partial charge in [-0.25, -0.2) is 0 Å². The second kappa shape index (κ2) is 8.23. The van der Waals surface area contributed by atoms with E-state index in [0.29, 0.717) is 0 Å². The molecule has 1 rings (SSSR count). The fourth-order valence-corrected chi connectivity index (χ4v) is 3.17. The molecule has 0 bridgehead atoms. The molecule has 0 aliphatic carbocycles. The van der Waals surface area contributed by atoms with Gasteiger partial charge >= 0.3 is 0 Å². The van der Waals surface area contributed by atoms with E-state index in [1.54, 1.807) is 0 Å². The van der Waals surface area contributed by atoms with Gasteiger partial charge in [-0.05, 0) is 58.5 Å². The average molecular weight is 270 g/mol. The van der Waals surface area contributed by atoms with Crippen LogP contribution in [0.3, 0.4) is 0 Å². The fourth-order valence-electron chi connectivity index (χ4n) is 3.17. The lowest BCUT2D eigenvalue weighted by atomic mass is 9.93. The molecule has 114 valence electrons. The number of nitrogens with zero attached hydrogens (tertiary/aromatic N) is 1. The number of likely N-dealkylation sites (N-methyl/N-ethyl adjacent to an activating group) is 1. The van der Waals surface area contributed by atoms with Crippen LogP contribution in [0.25, 0.3) is 0 Å². The van der Waals surface area contributed by atoms with Crippen LogP contribution < -0.4 is 5.32 Å². The molecule has 1 heterocycles. The van der Waals surface area contributed by atoms with E-state index in [9.17, 15) is 5.11 Å². The Morgan fingerprint density at radius 3 is 2.63 bits per heavy atom. The Balaban J connectivity index is 2.22. The first-order valence-electron chi connectivity index (χ1n) is 8.10. The average Bonchev–Trinajstić information content (AvgIpc) is 2.39. The number of aliphatic hydroxyl groups is 1. The molecule has 1 fully saturated rings. The fraction of sp³-hybridized carbons (Fsp3) is 1.00. The maximum Gasteiger partial charge on any atom is 0.0610 e. The number of rotatable bonds is 8. The van der Waals surface area contributed by atoms with Crippen molar-refractivity contribution in [3.8, 4) is 0 Å². The van der Waals surface area contributed by atoms with Crippen molar-refractivity contribution in [1.82, 2.24) is 10.2 Å². The van der Waals surface area contributed by atoms with Crippen molar-refractivity contribution >= 4 is 0 Å². The first-order valence-corrected chi connectivity index (χ1v) is 8.10. The maximum atomic E-state index is 9.47. The van der Waals surface area contributed by atoms with Gasteiger partial charge in [0, 0.05) is 18.1 Å². The van der Waals surface area contributed by atoms with Gasteiger partial charge in [-0.1, -0.05) is 20.3 Å². The van der Waals surface area contributed by atoms with Crippen LogP contribution in [-0.4, -0.2) is 47.8 Å². The second-order valence-corrected chi connectivity index (χ2v) is 6.73. The van der Waals surface area contributed by atoms with Crippen molar-refractivity contribution in [2.45, 2.75) is 71.4 Å². The molecular formula is C16H34N2O. The molecule has 0 amide bonds. The first-order chi connectivity index (χ1) is 9.00. The molecule has 3 nitrogen and oxygen atoms in total. The van der Waals surface area contributed by atoms with Crippen LogP contribution >= 0.6 is 0 Å². The second-order valence-electron chi connectivity index (χ2n) is 6.73. The van der Waals surface area contributed by atoms with Gasteiger partial charge in [0.1, 0.15) is 0 Å². The molecule has 1 saturated heterocycles. The van der Waals surface area contributed by atoms with Crippen molar-refractivity contribution in [3.63, 3.8) is 0 Å². The third-order valence-electron chi connectivity index (χ3n) is 4.62. The van der Waals surface area contributed by atoms with Gasteiger partial charge in [-0.2, -0.15) is 0 Å². The van der Waals surface area contributed by atoms with Gasteiger partial charge < -0.3 is 15.3 Å². The summed E-state index contributed by atoms with van der Waals surface area (Å²) in [5.74, 6) is 0.862. The maximum absolute atomic E-state index is 9.47. The smallest absolute Gasteiger partial charge is 0.0610 e. The highest BCUT2D eigenvalue weighted by Gasteiger charge is 2.23. The van der Waals surface area contributed by atoms with Crippen molar-refractivity contribution in [2.24, 2.45) is 5.92 Å². The number of piperidine rings is 1. The molecule has 1 aliphatic rings. The zero-order valence-corrected chi connectivity index (χ0v) is 13.4. The molecule has 0 aromatic rings. The summed E-state index contributed by atoms with van der Waals surface area (Å²) in [5.41, 5.74) is -0.0877. The predicted octanol–water partition coefficient (Wildman–Crippen LogP) is 2.64. The Hall–Kier alpha value is -0.120. The molecule has 1 aliphatic heterocycles. The van der Waals surface area contributed by atoms with Crippen LogP contribution in [0.2, 0.25) is 0 Å². The highest BCUT2D eigenvalue weighted by atomic mass is 16.3. The molecule has 19 heavy (non-hydrogen) atoms. The van der Waals surface area contributed by atoms with Crippen LogP contribution in [0.4, 0.5) is 0 Å². The lowest BCUT2D eigenvalue weighted by Gasteiger charge is -2.37. The summed E-state index contributed by atoms with van der Waals surface area (Å²) in [6, 6.07) is 0.759. The third-order valence-corrected chi connectivity index (χ3v) is 4.62. The predicted molar refractivity (Wildman–Crippen MR) is 82.5 cm³/mol. The first kappa shape index (κ1) is 16.9. The van der Waals surface area contributed by atoms with Gasteiger partial charge in [0.15, 0.2) is 0 Å². The van der Waals surface area contributed by atoms with Crippen LogP contribution in [0.15, 0.2) is 0 Å². The van der Waals surface area contributed by atoms with Crippen LogP contribution in [0.1, 0.15) is 59.8 Å². The number of aliphatic hydroxyl groups excluding tert-OH is 1. The number of hydrogen-bond donors (Lipinski definition) is 2. The van der Waals surface area contributed by atoms with E-state index in [4.69, 9.17) is 0 Å². The van der Waals surface area contributed by atoms with Crippen molar-refractivity contribution < 1.29 is 5.11 Å². The van der Waals surface area contributed by atoms with Gasteiger partial charge in [0.25, 0.3) is 0 Å². The Kier molecular flexibility index (Phi) is 7.33. The molecule has 3 heteroatoms. The summed E-state index contributed by atoms with van der Waals surface area (Å²) in [4.78, 5) is 2.65. The number of likely N-dealkylation sites (tertiary alicyclic amines) is 1. The van der Waals surface area contributed by atoms with Crippen molar-refractivity contribution in [2.75, 3.05) is 26.2 Å². The molecule has 0 spiro atoms. The molecule has 3 atom stereocenters. The third kappa shape index (κ3) is 5.80. The number of hydrogen-bond acceptors (Lipinski definition) is 3. The lowest BCUT2D eigenvalue weighted by Crippen LogP contribution is -2.45. The Morgan fingerprint density at radius 1 is 1.26 bits per heavy atom. The zero-order chi connectivity index (χ0) is 14.3. The van der Waals surface area contributed by atoms with Crippen molar-refractivity contribution in [1.29, 1.82) is 0 Å². The monoisotopic (exact) mass is 270 g/mol. The van der Waals surface area contributed by atoms with E-state index in [2.05, 4.69) is 37.9 Å². The topological polar surface area (TPSA) is 35.5 Å². The quantitative estimate of drug-likeness (QED) is 0.666. The van der Waals surface area contributed by atoms with E-state index in [-0.39, 0.29) is 12.1 Å². The summed E-state index contributed by atoms with van der Waals surface area (Å²) in [5, 5.41) is 12.9. The zero-order valence-electron chi connectivity index (χ0n) is 13.4. The SMILES string of the molecule is CCNC(C)(CO)CCCCN1CC(C)CCC1C. The summed E-state index contributed by atoms with van der Waals surface area (Å²) >= 11 is 0.